The fraction of sp³-hybridized carbons (Fsp3) is 0.429. The first-order chi connectivity index (χ1) is 9.01. The number of esters is 1. The Balaban J connectivity index is 2.84. The lowest BCUT2D eigenvalue weighted by molar-refractivity contribution is -0.140. The van der Waals surface area contributed by atoms with E-state index in [1.807, 2.05) is 26.0 Å². The number of carbonyl (C=O) groups is 2. The summed E-state index contributed by atoms with van der Waals surface area (Å²) in [5.41, 5.74) is 1.63. The van der Waals surface area contributed by atoms with Gasteiger partial charge in [0.1, 0.15) is 0 Å². The van der Waals surface area contributed by atoms with Crippen LogP contribution in [-0.4, -0.2) is 37.0 Å². The highest BCUT2D eigenvalue weighted by Crippen LogP contribution is 2.22. The summed E-state index contributed by atoms with van der Waals surface area (Å²) in [6.07, 6.45) is 0.208. The molecule has 19 heavy (non-hydrogen) atoms. The minimum absolute atomic E-state index is 0.0815. The second-order valence-electron chi connectivity index (χ2n) is 4.15. The van der Waals surface area contributed by atoms with Gasteiger partial charge in [0.15, 0.2) is 0 Å². The second kappa shape index (κ2) is 7.28. The molecule has 0 fully saturated rings. The van der Waals surface area contributed by atoms with E-state index >= 15 is 0 Å². The van der Waals surface area contributed by atoms with Crippen molar-refractivity contribution in [2.45, 2.75) is 20.3 Å². The van der Waals surface area contributed by atoms with Gasteiger partial charge in [-0.15, -0.1) is 0 Å². The Labute approximate surface area is 121 Å². The van der Waals surface area contributed by atoms with E-state index in [1.165, 1.54) is 7.11 Å². The minimum Gasteiger partial charge on any atom is -0.469 e. The number of hydrogen-bond donors (Lipinski definition) is 0. The van der Waals surface area contributed by atoms with Crippen molar-refractivity contribution in [2.75, 3.05) is 20.2 Å². The third-order valence-corrected chi connectivity index (χ3v) is 3.96. The van der Waals surface area contributed by atoms with Crippen LogP contribution in [0, 0.1) is 6.92 Å². The zero-order valence-electron chi connectivity index (χ0n) is 11.4. The molecule has 5 heteroatoms. The summed E-state index contributed by atoms with van der Waals surface area (Å²) in [6.45, 7) is 4.74. The van der Waals surface area contributed by atoms with Crippen molar-refractivity contribution in [1.29, 1.82) is 0 Å². The van der Waals surface area contributed by atoms with Gasteiger partial charge in [-0.2, -0.15) is 0 Å². The summed E-state index contributed by atoms with van der Waals surface area (Å²) in [5.74, 6) is -0.392. The molecule has 1 aromatic carbocycles. The molecule has 4 nitrogen and oxygen atoms in total. The van der Waals surface area contributed by atoms with Crippen molar-refractivity contribution in [3.8, 4) is 0 Å². The summed E-state index contributed by atoms with van der Waals surface area (Å²) in [7, 11) is 1.34. The van der Waals surface area contributed by atoms with Crippen molar-refractivity contribution in [1.82, 2.24) is 4.90 Å². The third-order valence-electron chi connectivity index (χ3n) is 2.90. The fourth-order valence-corrected chi connectivity index (χ4v) is 2.15. The number of carbonyl (C=O) groups excluding carboxylic acids is 2. The van der Waals surface area contributed by atoms with Crippen LogP contribution >= 0.6 is 15.9 Å². The Hall–Kier alpha value is -1.36. The van der Waals surface area contributed by atoms with Gasteiger partial charge in [-0.25, -0.2) is 0 Å². The van der Waals surface area contributed by atoms with Crippen LogP contribution in [0.3, 0.4) is 0 Å². The van der Waals surface area contributed by atoms with E-state index in [0.29, 0.717) is 18.7 Å². The van der Waals surface area contributed by atoms with Gasteiger partial charge in [-0.1, -0.05) is 12.1 Å². The zero-order chi connectivity index (χ0) is 14.4. The van der Waals surface area contributed by atoms with E-state index in [2.05, 4.69) is 20.7 Å². The molecule has 0 bridgehead atoms. The summed E-state index contributed by atoms with van der Waals surface area (Å²) >= 11 is 3.43. The smallest absolute Gasteiger partial charge is 0.307 e. The first-order valence-corrected chi connectivity index (χ1v) is 6.91. The average Bonchev–Trinajstić information content (AvgIpc) is 2.41. The molecule has 0 atom stereocenters. The van der Waals surface area contributed by atoms with Crippen LogP contribution in [0.1, 0.15) is 29.3 Å². The number of hydrogen-bond acceptors (Lipinski definition) is 3. The lowest BCUT2D eigenvalue weighted by atomic mass is 10.1. The van der Waals surface area contributed by atoms with Crippen molar-refractivity contribution >= 4 is 27.8 Å². The van der Waals surface area contributed by atoms with Gasteiger partial charge in [0.2, 0.25) is 0 Å². The number of aryl methyl sites for hydroxylation is 1. The Morgan fingerprint density at radius 3 is 2.63 bits per heavy atom. The van der Waals surface area contributed by atoms with Gasteiger partial charge >= 0.3 is 5.97 Å². The molecule has 1 rings (SSSR count). The molecular weight excluding hydrogens is 310 g/mol. The van der Waals surface area contributed by atoms with E-state index in [0.717, 1.165) is 10.0 Å². The largest absolute Gasteiger partial charge is 0.469 e. The van der Waals surface area contributed by atoms with Crippen molar-refractivity contribution in [2.24, 2.45) is 0 Å². The summed E-state index contributed by atoms with van der Waals surface area (Å²) in [6, 6.07) is 5.56. The van der Waals surface area contributed by atoms with Crippen LogP contribution in [0.2, 0.25) is 0 Å². The van der Waals surface area contributed by atoms with Crippen LogP contribution in [0.5, 0.6) is 0 Å². The van der Waals surface area contributed by atoms with Crippen LogP contribution in [-0.2, 0) is 9.53 Å². The summed E-state index contributed by atoms with van der Waals surface area (Å²) in [5, 5.41) is 0. The molecule has 0 saturated heterocycles. The number of rotatable bonds is 5. The van der Waals surface area contributed by atoms with Crippen molar-refractivity contribution in [3.05, 3.63) is 33.8 Å². The van der Waals surface area contributed by atoms with Crippen LogP contribution in [0.25, 0.3) is 0 Å². The van der Waals surface area contributed by atoms with Crippen LogP contribution in [0.15, 0.2) is 22.7 Å². The maximum absolute atomic E-state index is 12.4. The molecule has 0 aliphatic rings. The highest BCUT2D eigenvalue weighted by atomic mass is 79.9. The summed E-state index contributed by atoms with van der Waals surface area (Å²) in [4.78, 5) is 25.2. The lowest BCUT2D eigenvalue weighted by Crippen LogP contribution is -2.33. The maximum atomic E-state index is 12.4. The Morgan fingerprint density at radius 2 is 2.05 bits per heavy atom. The minimum atomic E-state index is -0.311. The van der Waals surface area contributed by atoms with Gasteiger partial charge in [0.25, 0.3) is 5.91 Å². The molecule has 0 spiro atoms. The van der Waals surface area contributed by atoms with Gasteiger partial charge in [-0.3, -0.25) is 9.59 Å². The van der Waals surface area contributed by atoms with Crippen molar-refractivity contribution < 1.29 is 14.3 Å². The second-order valence-corrected chi connectivity index (χ2v) is 4.94. The standard InChI is InChI=1S/C14H18BrNO3/c1-4-16(9-8-12(17)19-3)14(18)11-7-5-6-10(2)13(11)15/h5-7H,4,8-9H2,1-3H3. The van der Waals surface area contributed by atoms with Crippen LogP contribution in [0.4, 0.5) is 0 Å². The van der Waals surface area contributed by atoms with Crippen molar-refractivity contribution in [3.63, 3.8) is 0 Å². The van der Waals surface area contributed by atoms with Gasteiger partial charge in [0.05, 0.1) is 19.1 Å². The normalized spacial score (nSPS) is 10.1. The molecule has 0 aliphatic carbocycles. The Bertz CT molecular complexity index is 474. The number of halogens is 1. The molecule has 0 aliphatic heterocycles. The highest BCUT2D eigenvalue weighted by molar-refractivity contribution is 9.10. The number of methoxy groups -OCH3 is 1. The van der Waals surface area contributed by atoms with E-state index in [-0.39, 0.29) is 18.3 Å². The molecule has 104 valence electrons. The Kier molecular flexibility index (Phi) is 6.02. The highest BCUT2D eigenvalue weighted by Gasteiger charge is 2.18. The molecule has 0 saturated carbocycles. The average molecular weight is 328 g/mol. The van der Waals surface area contributed by atoms with Gasteiger partial charge in [0, 0.05) is 17.6 Å². The van der Waals surface area contributed by atoms with E-state index in [1.54, 1.807) is 11.0 Å². The summed E-state index contributed by atoms with van der Waals surface area (Å²) < 4.78 is 5.39. The molecule has 1 aromatic rings. The molecule has 0 radical (unpaired) electrons. The Morgan fingerprint density at radius 1 is 1.37 bits per heavy atom. The quantitative estimate of drug-likeness (QED) is 0.781. The lowest BCUT2D eigenvalue weighted by Gasteiger charge is -2.21. The van der Waals surface area contributed by atoms with E-state index in [4.69, 9.17) is 0 Å². The number of amides is 1. The van der Waals surface area contributed by atoms with Crippen LogP contribution < -0.4 is 0 Å². The predicted molar refractivity (Wildman–Crippen MR) is 77.1 cm³/mol. The fourth-order valence-electron chi connectivity index (χ4n) is 1.71. The predicted octanol–water partition coefficient (Wildman–Crippen LogP) is 2.78. The monoisotopic (exact) mass is 327 g/mol. The SMILES string of the molecule is CCN(CCC(=O)OC)C(=O)c1cccc(C)c1Br. The number of nitrogens with zero attached hydrogens (tertiary/aromatic N) is 1. The molecule has 0 aromatic heterocycles. The van der Waals surface area contributed by atoms with E-state index in [9.17, 15) is 9.59 Å². The first-order valence-electron chi connectivity index (χ1n) is 6.12. The number of ether oxygens (including phenoxy) is 1. The third kappa shape index (κ3) is 4.06. The molecule has 1 amide bonds. The van der Waals surface area contributed by atoms with Gasteiger partial charge in [-0.05, 0) is 41.4 Å². The molecule has 0 N–H and O–H groups in total. The zero-order valence-corrected chi connectivity index (χ0v) is 13.0. The first kappa shape index (κ1) is 15.7. The molecular formula is C14H18BrNO3. The number of benzene rings is 1. The maximum Gasteiger partial charge on any atom is 0.307 e. The van der Waals surface area contributed by atoms with E-state index < -0.39 is 0 Å². The topological polar surface area (TPSA) is 46.6 Å². The van der Waals surface area contributed by atoms with Gasteiger partial charge < -0.3 is 9.64 Å². The molecule has 0 heterocycles. The molecule has 0 unspecified atom stereocenters.